The molecule has 2 aromatic carbocycles. The zero-order valence-electron chi connectivity index (χ0n) is 9.24. The molecule has 90 valence electrons. The minimum absolute atomic E-state index is 0.277. The van der Waals surface area contributed by atoms with E-state index in [1.165, 1.54) is 12.1 Å². The largest absolute Gasteiger partial charge is 0.397 e. The van der Waals surface area contributed by atoms with Crippen LogP contribution in [0.15, 0.2) is 40.9 Å². The molecular weight excluding hydrogens is 297 g/mol. The molecule has 0 radical (unpaired) electrons. The Morgan fingerprint density at radius 3 is 2.61 bits per heavy atom. The minimum atomic E-state index is -0.492. The van der Waals surface area contributed by atoms with Gasteiger partial charge in [-0.05, 0) is 36.4 Å². The maximum absolute atomic E-state index is 13.7. The fourth-order valence-electron chi connectivity index (χ4n) is 1.47. The van der Waals surface area contributed by atoms with Gasteiger partial charge in [0.1, 0.15) is 5.82 Å². The first-order chi connectivity index (χ1) is 8.60. The molecule has 0 atom stereocenters. The van der Waals surface area contributed by atoms with Crippen LogP contribution in [0.4, 0.5) is 21.5 Å². The Morgan fingerprint density at radius 2 is 1.94 bits per heavy atom. The molecule has 0 spiro atoms. The summed E-state index contributed by atoms with van der Waals surface area (Å²) in [6.07, 6.45) is 0. The van der Waals surface area contributed by atoms with E-state index in [1.54, 1.807) is 24.3 Å². The number of anilines is 3. The monoisotopic (exact) mass is 305 g/mol. The summed E-state index contributed by atoms with van der Waals surface area (Å²) >= 11 is 3.32. The molecule has 0 heterocycles. The normalized spacial score (nSPS) is 9.83. The second-order valence-electron chi connectivity index (χ2n) is 3.66. The van der Waals surface area contributed by atoms with Crippen LogP contribution >= 0.6 is 15.9 Å². The van der Waals surface area contributed by atoms with Gasteiger partial charge in [-0.3, -0.25) is 0 Å². The lowest BCUT2D eigenvalue weighted by atomic mass is 10.2. The van der Waals surface area contributed by atoms with Gasteiger partial charge in [0.15, 0.2) is 0 Å². The van der Waals surface area contributed by atoms with Crippen molar-refractivity contribution < 1.29 is 4.39 Å². The van der Waals surface area contributed by atoms with E-state index in [0.29, 0.717) is 11.4 Å². The minimum Gasteiger partial charge on any atom is -0.397 e. The summed E-state index contributed by atoms with van der Waals surface area (Å²) < 4.78 is 14.5. The van der Waals surface area contributed by atoms with Crippen LogP contribution in [0.2, 0.25) is 0 Å². The highest BCUT2D eigenvalue weighted by atomic mass is 79.9. The van der Waals surface area contributed by atoms with Crippen LogP contribution in [-0.4, -0.2) is 0 Å². The summed E-state index contributed by atoms with van der Waals surface area (Å²) in [5, 5.41) is 11.6. The van der Waals surface area contributed by atoms with Gasteiger partial charge in [-0.15, -0.1) is 0 Å². The van der Waals surface area contributed by atoms with Crippen molar-refractivity contribution in [1.82, 2.24) is 0 Å². The van der Waals surface area contributed by atoms with Crippen molar-refractivity contribution in [3.05, 3.63) is 52.3 Å². The summed E-state index contributed by atoms with van der Waals surface area (Å²) in [4.78, 5) is 0. The van der Waals surface area contributed by atoms with Gasteiger partial charge in [0, 0.05) is 4.47 Å². The fourth-order valence-corrected chi connectivity index (χ4v) is 1.83. The zero-order chi connectivity index (χ0) is 13.1. The maximum Gasteiger partial charge on any atom is 0.147 e. The number of nitrogens with one attached hydrogen (secondary N) is 1. The van der Waals surface area contributed by atoms with E-state index < -0.39 is 5.82 Å². The van der Waals surface area contributed by atoms with Gasteiger partial charge in [-0.25, -0.2) is 4.39 Å². The Bertz CT molecular complexity index is 635. The zero-order valence-corrected chi connectivity index (χ0v) is 10.8. The molecule has 0 fully saturated rings. The van der Waals surface area contributed by atoms with Crippen LogP contribution in [0, 0.1) is 17.1 Å². The van der Waals surface area contributed by atoms with Gasteiger partial charge in [-0.1, -0.05) is 15.9 Å². The first-order valence-corrected chi connectivity index (χ1v) is 5.91. The summed E-state index contributed by atoms with van der Waals surface area (Å²) in [5.41, 5.74) is 7.46. The van der Waals surface area contributed by atoms with Crippen molar-refractivity contribution in [2.24, 2.45) is 0 Å². The van der Waals surface area contributed by atoms with E-state index in [1.807, 2.05) is 6.07 Å². The summed E-state index contributed by atoms with van der Waals surface area (Å²) in [6, 6.07) is 11.4. The molecule has 0 saturated heterocycles. The summed E-state index contributed by atoms with van der Waals surface area (Å²) in [6.45, 7) is 0. The van der Waals surface area contributed by atoms with Gasteiger partial charge < -0.3 is 11.1 Å². The molecule has 3 N–H and O–H groups in total. The number of hydrogen-bond acceptors (Lipinski definition) is 3. The number of nitrogens with zero attached hydrogens (tertiary/aromatic N) is 1. The average Bonchev–Trinajstić information content (AvgIpc) is 2.36. The number of hydrogen-bond donors (Lipinski definition) is 2. The maximum atomic E-state index is 13.7. The Morgan fingerprint density at radius 1 is 1.17 bits per heavy atom. The number of nitriles is 1. The molecule has 2 aromatic rings. The Hall–Kier alpha value is -2.06. The van der Waals surface area contributed by atoms with Crippen LogP contribution in [0.1, 0.15) is 5.56 Å². The standard InChI is InChI=1S/C13H9BrFN3/c14-9-2-3-11(17)13(6-9)18-12-4-1-8(7-16)5-10(12)15/h1-6,18H,17H2. The van der Waals surface area contributed by atoms with E-state index in [2.05, 4.69) is 21.2 Å². The molecule has 0 amide bonds. The number of nitrogen functional groups attached to an aromatic ring is 1. The lowest BCUT2D eigenvalue weighted by Crippen LogP contribution is -1.98. The van der Waals surface area contributed by atoms with Crippen LogP contribution < -0.4 is 11.1 Å². The average molecular weight is 306 g/mol. The third-order valence-corrected chi connectivity index (χ3v) is 2.88. The van der Waals surface area contributed by atoms with E-state index in [0.717, 1.165) is 4.47 Å². The predicted octanol–water partition coefficient (Wildman–Crippen LogP) is 3.79. The fraction of sp³-hybridized carbons (Fsp3) is 0. The van der Waals surface area contributed by atoms with Crippen molar-refractivity contribution in [2.45, 2.75) is 0 Å². The molecule has 5 heteroatoms. The molecule has 18 heavy (non-hydrogen) atoms. The van der Waals surface area contributed by atoms with Crippen molar-refractivity contribution in [3.8, 4) is 6.07 Å². The Balaban J connectivity index is 2.34. The van der Waals surface area contributed by atoms with Crippen LogP contribution in [0.5, 0.6) is 0 Å². The van der Waals surface area contributed by atoms with Crippen molar-refractivity contribution in [2.75, 3.05) is 11.1 Å². The number of benzene rings is 2. The highest BCUT2D eigenvalue weighted by Crippen LogP contribution is 2.28. The predicted molar refractivity (Wildman–Crippen MR) is 73.0 cm³/mol. The quantitative estimate of drug-likeness (QED) is 0.830. The highest BCUT2D eigenvalue weighted by Gasteiger charge is 2.06. The summed E-state index contributed by atoms with van der Waals surface area (Å²) in [7, 11) is 0. The summed E-state index contributed by atoms with van der Waals surface area (Å²) in [5.74, 6) is -0.492. The van der Waals surface area contributed by atoms with E-state index >= 15 is 0 Å². The first kappa shape index (κ1) is 12.4. The molecular formula is C13H9BrFN3. The van der Waals surface area contributed by atoms with Crippen LogP contribution in [0.3, 0.4) is 0 Å². The number of rotatable bonds is 2. The second-order valence-corrected chi connectivity index (χ2v) is 4.58. The van der Waals surface area contributed by atoms with E-state index in [-0.39, 0.29) is 11.3 Å². The molecule has 0 aliphatic rings. The van der Waals surface area contributed by atoms with Gasteiger partial charge in [0.25, 0.3) is 0 Å². The van der Waals surface area contributed by atoms with E-state index in [4.69, 9.17) is 11.0 Å². The van der Waals surface area contributed by atoms with Gasteiger partial charge in [0.2, 0.25) is 0 Å². The first-order valence-electron chi connectivity index (χ1n) is 5.12. The highest BCUT2D eigenvalue weighted by molar-refractivity contribution is 9.10. The lowest BCUT2D eigenvalue weighted by molar-refractivity contribution is 0.631. The van der Waals surface area contributed by atoms with Gasteiger partial charge in [0.05, 0.1) is 28.7 Å². The van der Waals surface area contributed by atoms with Gasteiger partial charge in [-0.2, -0.15) is 5.26 Å². The molecule has 0 saturated carbocycles. The van der Waals surface area contributed by atoms with Crippen LogP contribution in [-0.2, 0) is 0 Å². The number of halogens is 2. The third kappa shape index (κ3) is 2.60. The Labute approximate surface area is 112 Å². The SMILES string of the molecule is N#Cc1ccc(Nc2cc(Br)ccc2N)c(F)c1. The molecule has 0 aliphatic heterocycles. The molecule has 0 bridgehead atoms. The van der Waals surface area contributed by atoms with Crippen molar-refractivity contribution in [3.63, 3.8) is 0 Å². The topological polar surface area (TPSA) is 61.8 Å². The Kier molecular flexibility index (Phi) is 3.49. The van der Waals surface area contributed by atoms with Crippen molar-refractivity contribution in [1.29, 1.82) is 5.26 Å². The molecule has 0 aromatic heterocycles. The third-order valence-electron chi connectivity index (χ3n) is 2.38. The number of nitrogens with two attached hydrogens (primary N) is 1. The van der Waals surface area contributed by atoms with Crippen LogP contribution in [0.25, 0.3) is 0 Å². The molecule has 3 nitrogen and oxygen atoms in total. The molecule has 2 rings (SSSR count). The van der Waals surface area contributed by atoms with E-state index in [9.17, 15) is 4.39 Å². The van der Waals surface area contributed by atoms with Crippen molar-refractivity contribution >= 4 is 33.0 Å². The van der Waals surface area contributed by atoms with Gasteiger partial charge >= 0.3 is 0 Å². The second kappa shape index (κ2) is 5.07. The molecule has 0 unspecified atom stereocenters. The smallest absolute Gasteiger partial charge is 0.147 e. The lowest BCUT2D eigenvalue weighted by Gasteiger charge is -2.10. The molecule has 0 aliphatic carbocycles.